The van der Waals surface area contributed by atoms with Gasteiger partial charge < -0.3 is 10.2 Å². The lowest BCUT2D eigenvalue weighted by Crippen LogP contribution is -2.51. The molecule has 0 saturated heterocycles. The topological polar surface area (TPSA) is 92.6 Å². The van der Waals surface area contributed by atoms with Crippen molar-refractivity contribution >= 4 is 52.5 Å². The Balaban J connectivity index is 1.83. The van der Waals surface area contributed by atoms with Crippen molar-refractivity contribution in [3.63, 3.8) is 0 Å². The fourth-order valence-corrected chi connectivity index (χ4v) is 5.14. The number of hydrogen-bond donors (Lipinski definition) is 1. The zero-order valence-corrected chi connectivity index (χ0v) is 24.0. The Labute approximate surface area is 243 Å². The molecule has 7 nitrogen and oxygen atoms in total. The highest BCUT2D eigenvalue weighted by Gasteiger charge is 2.30. The van der Waals surface area contributed by atoms with Crippen LogP contribution in [0.3, 0.4) is 0 Å². The Morgan fingerprint density at radius 2 is 1.67 bits per heavy atom. The van der Waals surface area contributed by atoms with Crippen LogP contribution in [0.15, 0.2) is 72.8 Å². The molecule has 3 aromatic rings. The maximum Gasteiger partial charge on any atom is 0.269 e. The molecule has 0 bridgehead atoms. The average Bonchev–Trinajstić information content (AvgIpc) is 2.93. The van der Waals surface area contributed by atoms with Gasteiger partial charge in [-0.2, -0.15) is 0 Å². The van der Waals surface area contributed by atoms with E-state index in [0.29, 0.717) is 28.8 Å². The second-order valence-electron chi connectivity index (χ2n) is 9.04. The monoisotopic (exact) mass is 587 g/mol. The van der Waals surface area contributed by atoms with Crippen LogP contribution in [-0.2, 0) is 28.3 Å². The summed E-state index contributed by atoms with van der Waals surface area (Å²) in [5.74, 6) is 0.225. The number of nitrogens with zero attached hydrogens (tertiary/aromatic N) is 2. The molecule has 10 heteroatoms. The molecule has 3 rings (SSSR count). The van der Waals surface area contributed by atoms with Crippen molar-refractivity contribution in [1.29, 1.82) is 0 Å². The van der Waals surface area contributed by atoms with Gasteiger partial charge in [-0.15, -0.1) is 11.8 Å². The van der Waals surface area contributed by atoms with Crippen molar-refractivity contribution in [1.82, 2.24) is 10.2 Å². The number of rotatable bonds is 14. The molecule has 0 spiro atoms. The molecule has 39 heavy (non-hydrogen) atoms. The number of thioether (sulfide) groups is 1. The van der Waals surface area contributed by atoms with Crippen molar-refractivity contribution in [2.24, 2.45) is 0 Å². The van der Waals surface area contributed by atoms with Crippen molar-refractivity contribution < 1.29 is 14.5 Å². The van der Waals surface area contributed by atoms with E-state index in [1.165, 1.54) is 23.9 Å². The first kappa shape index (κ1) is 30.5. The van der Waals surface area contributed by atoms with Crippen molar-refractivity contribution in [3.8, 4) is 0 Å². The first-order chi connectivity index (χ1) is 18.8. The Morgan fingerprint density at radius 3 is 2.31 bits per heavy atom. The summed E-state index contributed by atoms with van der Waals surface area (Å²) in [6, 6.07) is 20.3. The molecule has 0 heterocycles. The molecule has 1 atom stereocenters. The lowest BCUT2D eigenvalue weighted by atomic mass is 10.0. The number of carbonyl (C=O) groups is 2. The molecule has 0 aliphatic heterocycles. The van der Waals surface area contributed by atoms with E-state index in [4.69, 9.17) is 23.2 Å². The fraction of sp³-hybridized carbons (Fsp3) is 0.310. The number of halogens is 2. The molecule has 0 radical (unpaired) electrons. The summed E-state index contributed by atoms with van der Waals surface area (Å²) >= 11 is 13.8. The summed E-state index contributed by atoms with van der Waals surface area (Å²) in [4.78, 5) is 39.2. The van der Waals surface area contributed by atoms with Gasteiger partial charge in [-0.3, -0.25) is 19.7 Å². The predicted octanol–water partition coefficient (Wildman–Crippen LogP) is 6.69. The van der Waals surface area contributed by atoms with Gasteiger partial charge in [-0.05, 0) is 35.2 Å². The summed E-state index contributed by atoms with van der Waals surface area (Å²) in [6.45, 7) is 2.77. The standard InChI is InChI=1S/C29H31Cl2N3O4S/c1-2-3-15-32-29(36)27(17-21-7-5-4-6-8-21)33(18-23-11-14-25(30)26(31)16-23)28(35)20-39-19-22-9-12-24(13-10-22)34(37)38/h4-14,16,27H,2-3,15,17-20H2,1H3,(H,32,36). The molecule has 0 aromatic heterocycles. The smallest absolute Gasteiger partial charge is 0.269 e. The van der Waals surface area contributed by atoms with Crippen LogP contribution >= 0.6 is 35.0 Å². The Bertz CT molecular complexity index is 1260. The number of nitro groups is 1. The molecular weight excluding hydrogens is 557 g/mol. The number of nitro benzene ring substituents is 1. The molecule has 0 aliphatic rings. The van der Waals surface area contributed by atoms with E-state index >= 15 is 0 Å². The van der Waals surface area contributed by atoms with E-state index in [9.17, 15) is 19.7 Å². The zero-order chi connectivity index (χ0) is 28.2. The number of benzene rings is 3. The summed E-state index contributed by atoms with van der Waals surface area (Å²) in [6.07, 6.45) is 2.14. The van der Waals surface area contributed by atoms with Gasteiger partial charge in [0.15, 0.2) is 0 Å². The summed E-state index contributed by atoms with van der Waals surface area (Å²) in [5, 5.41) is 14.7. The third-order valence-corrected chi connectivity index (χ3v) is 7.81. The van der Waals surface area contributed by atoms with E-state index in [1.54, 1.807) is 35.2 Å². The highest BCUT2D eigenvalue weighted by Crippen LogP contribution is 2.25. The first-order valence-electron chi connectivity index (χ1n) is 12.6. The predicted molar refractivity (Wildman–Crippen MR) is 158 cm³/mol. The van der Waals surface area contributed by atoms with Crippen LogP contribution in [0.1, 0.15) is 36.5 Å². The van der Waals surface area contributed by atoms with Gasteiger partial charge in [-0.1, -0.05) is 85.1 Å². The van der Waals surface area contributed by atoms with Crippen molar-refractivity contribution in [3.05, 3.63) is 110 Å². The second kappa shape index (κ2) is 15.5. The Hall–Kier alpha value is -3.07. The zero-order valence-electron chi connectivity index (χ0n) is 21.6. The maximum absolute atomic E-state index is 13.7. The summed E-state index contributed by atoms with van der Waals surface area (Å²) < 4.78 is 0. The van der Waals surface area contributed by atoms with Gasteiger partial charge in [0.2, 0.25) is 11.8 Å². The van der Waals surface area contributed by atoms with E-state index in [-0.39, 0.29) is 29.8 Å². The van der Waals surface area contributed by atoms with Crippen LogP contribution in [0.5, 0.6) is 0 Å². The maximum atomic E-state index is 13.7. The number of non-ortho nitro benzene ring substituents is 1. The van der Waals surface area contributed by atoms with Gasteiger partial charge in [0.25, 0.3) is 5.69 Å². The van der Waals surface area contributed by atoms with Crippen LogP contribution in [0.2, 0.25) is 10.0 Å². The van der Waals surface area contributed by atoms with Crippen LogP contribution in [0.25, 0.3) is 0 Å². The molecule has 1 unspecified atom stereocenters. The van der Waals surface area contributed by atoms with E-state index in [2.05, 4.69) is 12.2 Å². The van der Waals surface area contributed by atoms with Gasteiger partial charge in [0, 0.05) is 37.4 Å². The molecule has 206 valence electrons. The number of hydrogen-bond acceptors (Lipinski definition) is 5. The fourth-order valence-electron chi connectivity index (χ4n) is 3.95. The normalized spacial score (nSPS) is 11.6. The SMILES string of the molecule is CCCCNC(=O)C(Cc1ccccc1)N(Cc1ccc(Cl)c(Cl)c1)C(=O)CSCc1ccc([N+](=O)[O-])cc1. The minimum absolute atomic E-state index is 0.0190. The van der Waals surface area contributed by atoms with Gasteiger partial charge in [0.1, 0.15) is 6.04 Å². The Kier molecular flexibility index (Phi) is 12.1. The molecular formula is C29H31Cl2N3O4S. The number of amides is 2. The average molecular weight is 589 g/mol. The quantitative estimate of drug-likeness (QED) is 0.129. The number of nitrogens with one attached hydrogen (secondary N) is 1. The van der Waals surface area contributed by atoms with Gasteiger partial charge >= 0.3 is 0 Å². The Morgan fingerprint density at radius 1 is 0.974 bits per heavy atom. The molecule has 2 amide bonds. The second-order valence-corrected chi connectivity index (χ2v) is 10.8. The lowest BCUT2D eigenvalue weighted by molar-refractivity contribution is -0.384. The minimum Gasteiger partial charge on any atom is -0.354 e. The van der Waals surface area contributed by atoms with E-state index < -0.39 is 11.0 Å². The number of unbranched alkanes of at least 4 members (excludes halogenated alkanes) is 1. The highest BCUT2D eigenvalue weighted by atomic mass is 35.5. The van der Waals surface area contributed by atoms with Gasteiger partial charge in [-0.25, -0.2) is 0 Å². The third kappa shape index (κ3) is 9.56. The summed E-state index contributed by atoms with van der Waals surface area (Å²) in [5.41, 5.74) is 2.59. The van der Waals surface area contributed by atoms with Crippen molar-refractivity contribution in [2.45, 2.75) is 44.5 Å². The van der Waals surface area contributed by atoms with Crippen LogP contribution in [-0.4, -0.2) is 40.0 Å². The van der Waals surface area contributed by atoms with E-state index in [1.807, 2.05) is 30.3 Å². The van der Waals surface area contributed by atoms with E-state index in [0.717, 1.165) is 29.5 Å². The molecule has 3 aromatic carbocycles. The summed E-state index contributed by atoms with van der Waals surface area (Å²) in [7, 11) is 0. The van der Waals surface area contributed by atoms with Crippen molar-refractivity contribution in [2.75, 3.05) is 12.3 Å². The van der Waals surface area contributed by atoms with Crippen LogP contribution < -0.4 is 5.32 Å². The van der Waals surface area contributed by atoms with Gasteiger partial charge in [0.05, 0.1) is 20.7 Å². The van der Waals surface area contributed by atoms with Crippen LogP contribution in [0, 0.1) is 10.1 Å². The lowest BCUT2D eigenvalue weighted by Gasteiger charge is -2.31. The molecule has 1 N–H and O–H groups in total. The molecule has 0 fully saturated rings. The highest BCUT2D eigenvalue weighted by molar-refractivity contribution is 7.99. The third-order valence-electron chi connectivity index (χ3n) is 6.08. The number of carbonyl (C=O) groups excluding carboxylic acids is 2. The largest absolute Gasteiger partial charge is 0.354 e. The molecule has 0 saturated carbocycles. The molecule has 0 aliphatic carbocycles. The minimum atomic E-state index is -0.730. The van der Waals surface area contributed by atoms with Crippen LogP contribution in [0.4, 0.5) is 5.69 Å². The first-order valence-corrected chi connectivity index (χ1v) is 14.6.